The number of nitrogens with zero attached hydrogens (tertiary/aromatic N) is 2. The SMILES string of the molecule is CCc1ccccc1C(=O)c1cnc(NC[C@@H]2CCCN2C(=O)OC(C)(C)C)s1.Cl. The zero-order valence-corrected chi connectivity index (χ0v) is 19.6. The van der Waals surface area contributed by atoms with Gasteiger partial charge in [0, 0.05) is 18.7 Å². The maximum atomic E-state index is 12.8. The molecule has 1 amide bonds. The van der Waals surface area contributed by atoms with Crippen molar-refractivity contribution in [3.05, 3.63) is 46.5 Å². The molecule has 164 valence electrons. The number of nitrogens with one attached hydrogen (secondary N) is 1. The molecular formula is C22H30ClN3O3S. The average Bonchev–Trinajstić information content (AvgIpc) is 3.33. The second-order valence-electron chi connectivity index (χ2n) is 8.22. The van der Waals surface area contributed by atoms with Gasteiger partial charge in [0.1, 0.15) is 5.60 Å². The topological polar surface area (TPSA) is 71.5 Å². The summed E-state index contributed by atoms with van der Waals surface area (Å²) in [6.07, 6.45) is 4.05. The van der Waals surface area contributed by atoms with Crippen LogP contribution in [0.5, 0.6) is 0 Å². The number of hydrogen-bond acceptors (Lipinski definition) is 6. The molecule has 2 heterocycles. The highest BCUT2D eigenvalue weighted by atomic mass is 35.5. The summed E-state index contributed by atoms with van der Waals surface area (Å²) in [5.41, 5.74) is 1.27. The van der Waals surface area contributed by atoms with Crippen molar-refractivity contribution in [3.63, 3.8) is 0 Å². The Morgan fingerprint density at radius 2 is 2.03 bits per heavy atom. The van der Waals surface area contributed by atoms with Crippen molar-refractivity contribution in [2.75, 3.05) is 18.4 Å². The van der Waals surface area contributed by atoms with Gasteiger partial charge in [-0.05, 0) is 45.6 Å². The van der Waals surface area contributed by atoms with Crippen LogP contribution in [-0.4, -0.2) is 46.5 Å². The van der Waals surface area contributed by atoms with Gasteiger partial charge in [0.25, 0.3) is 0 Å². The van der Waals surface area contributed by atoms with Crippen molar-refractivity contribution in [1.82, 2.24) is 9.88 Å². The molecule has 1 fully saturated rings. The maximum Gasteiger partial charge on any atom is 0.410 e. The van der Waals surface area contributed by atoms with Gasteiger partial charge in [-0.2, -0.15) is 0 Å². The van der Waals surface area contributed by atoms with E-state index in [2.05, 4.69) is 10.3 Å². The van der Waals surface area contributed by atoms with Crippen LogP contribution in [0.15, 0.2) is 30.5 Å². The van der Waals surface area contributed by atoms with Crippen molar-refractivity contribution >= 4 is 40.8 Å². The third-order valence-electron chi connectivity index (χ3n) is 4.87. The number of hydrogen-bond donors (Lipinski definition) is 1. The number of aromatic nitrogens is 1. The monoisotopic (exact) mass is 451 g/mol. The molecule has 1 aliphatic heterocycles. The van der Waals surface area contributed by atoms with Gasteiger partial charge in [-0.3, -0.25) is 4.79 Å². The third-order valence-corrected chi connectivity index (χ3v) is 5.82. The predicted octanol–water partition coefficient (Wildman–Crippen LogP) is 5.17. The van der Waals surface area contributed by atoms with Crippen LogP contribution in [0.1, 0.15) is 61.3 Å². The molecule has 1 aromatic heterocycles. The minimum Gasteiger partial charge on any atom is -0.444 e. The highest BCUT2D eigenvalue weighted by Gasteiger charge is 2.32. The van der Waals surface area contributed by atoms with Gasteiger partial charge in [0.05, 0.1) is 17.1 Å². The van der Waals surface area contributed by atoms with Crippen LogP contribution in [0.3, 0.4) is 0 Å². The number of thiazole rings is 1. The maximum absolute atomic E-state index is 12.8. The molecule has 1 atom stereocenters. The third kappa shape index (κ3) is 5.95. The number of amides is 1. The van der Waals surface area contributed by atoms with E-state index in [4.69, 9.17) is 4.74 Å². The number of ketones is 1. The summed E-state index contributed by atoms with van der Waals surface area (Å²) >= 11 is 1.35. The Morgan fingerprint density at radius 1 is 1.30 bits per heavy atom. The van der Waals surface area contributed by atoms with Crippen LogP contribution in [-0.2, 0) is 11.2 Å². The molecule has 0 saturated carbocycles. The first-order valence-corrected chi connectivity index (χ1v) is 10.9. The Kier molecular flexibility index (Phi) is 8.26. The number of carbonyl (C=O) groups excluding carboxylic acids is 2. The first kappa shape index (κ1) is 24.2. The average molecular weight is 452 g/mol. The van der Waals surface area contributed by atoms with Crippen LogP contribution >= 0.6 is 23.7 Å². The molecular weight excluding hydrogens is 422 g/mol. The van der Waals surface area contributed by atoms with Crippen LogP contribution in [0.4, 0.5) is 9.93 Å². The van der Waals surface area contributed by atoms with E-state index in [1.165, 1.54) is 11.3 Å². The van der Waals surface area contributed by atoms with E-state index < -0.39 is 5.60 Å². The van der Waals surface area contributed by atoms with Gasteiger partial charge in [-0.1, -0.05) is 42.5 Å². The van der Waals surface area contributed by atoms with E-state index in [1.54, 1.807) is 11.1 Å². The largest absolute Gasteiger partial charge is 0.444 e. The number of likely N-dealkylation sites (tertiary alicyclic amines) is 1. The van der Waals surface area contributed by atoms with Gasteiger partial charge in [-0.15, -0.1) is 12.4 Å². The molecule has 0 unspecified atom stereocenters. The lowest BCUT2D eigenvalue weighted by atomic mass is 10.0. The Hall–Kier alpha value is -2.12. The Balaban J connectivity index is 0.00000320. The van der Waals surface area contributed by atoms with Gasteiger partial charge in [-0.25, -0.2) is 9.78 Å². The van der Waals surface area contributed by atoms with Crippen LogP contribution < -0.4 is 5.32 Å². The molecule has 6 nitrogen and oxygen atoms in total. The quantitative estimate of drug-likeness (QED) is 0.613. The van der Waals surface area contributed by atoms with Crippen LogP contribution in [0.25, 0.3) is 0 Å². The molecule has 1 aromatic carbocycles. The first-order chi connectivity index (χ1) is 13.8. The second-order valence-corrected chi connectivity index (χ2v) is 9.25. The number of halogens is 1. The number of anilines is 1. The molecule has 0 aliphatic carbocycles. The number of ether oxygens (including phenoxy) is 1. The Morgan fingerprint density at radius 3 is 2.73 bits per heavy atom. The fourth-order valence-electron chi connectivity index (χ4n) is 3.46. The molecule has 30 heavy (non-hydrogen) atoms. The first-order valence-electron chi connectivity index (χ1n) is 10.1. The predicted molar refractivity (Wildman–Crippen MR) is 123 cm³/mol. The van der Waals surface area contributed by atoms with E-state index in [1.807, 2.05) is 52.0 Å². The van der Waals surface area contributed by atoms with Crippen LogP contribution in [0, 0.1) is 0 Å². The highest BCUT2D eigenvalue weighted by Crippen LogP contribution is 2.25. The van der Waals surface area contributed by atoms with Gasteiger partial charge in [0.15, 0.2) is 5.13 Å². The van der Waals surface area contributed by atoms with E-state index in [0.717, 1.165) is 30.4 Å². The Labute approximate surface area is 188 Å². The standard InChI is InChI=1S/C22H29N3O3S.ClH/c1-5-15-9-6-7-11-17(15)19(26)18-14-24-20(29-18)23-13-16-10-8-12-25(16)21(27)28-22(2,3)4;/h6-7,9,11,14,16H,5,8,10,12-13H2,1-4H3,(H,23,24);1H/t16-;/m0./s1. The summed E-state index contributed by atoms with van der Waals surface area (Å²) in [6, 6.07) is 7.75. The number of aryl methyl sites for hydroxylation is 1. The number of benzene rings is 1. The zero-order valence-electron chi connectivity index (χ0n) is 17.9. The molecule has 8 heteroatoms. The normalized spacial score (nSPS) is 16.1. The number of carbonyl (C=O) groups is 2. The summed E-state index contributed by atoms with van der Waals surface area (Å²) < 4.78 is 5.51. The van der Waals surface area contributed by atoms with E-state index in [0.29, 0.717) is 23.1 Å². The minimum atomic E-state index is -0.503. The van der Waals surface area contributed by atoms with Gasteiger partial charge in [0.2, 0.25) is 5.78 Å². The molecule has 0 spiro atoms. The number of rotatable bonds is 6. The summed E-state index contributed by atoms with van der Waals surface area (Å²) in [5.74, 6) is 0.00393. The van der Waals surface area contributed by atoms with Crippen molar-refractivity contribution < 1.29 is 14.3 Å². The summed E-state index contributed by atoms with van der Waals surface area (Å²) in [6.45, 7) is 8.96. The molecule has 0 bridgehead atoms. The van der Waals surface area contributed by atoms with E-state index >= 15 is 0 Å². The van der Waals surface area contributed by atoms with Gasteiger partial charge < -0.3 is 15.0 Å². The summed E-state index contributed by atoms with van der Waals surface area (Å²) in [7, 11) is 0. The smallest absolute Gasteiger partial charge is 0.410 e. The second kappa shape index (κ2) is 10.3. The lowest BCUT2D eigenvalue weighted by Gasteiger charge is -2.28. The molecule has 1 aliphatic rings. The lowest BCUT2D eigenvalue weighted by molar-refractivity contribution is 0.0235. The van der Waals surface area contributed by atoms with Crippen molar-refractivity contribution in [2.45, 2.75) is 58.6 Å². The molecule has 1 saturated heterocycles. The summed E-state index contributed by atoms with van der Waals surface area (Å²) in [5, 5.41) is 3.99. The summed E-state index contributed by atoms with van der Waals surface area (Å²) in [4.78, 5) is 32.0. The van der Waals surface area contributed by atoms with Crippen molar-refractivity contribution in [3.8, 4) is 0 Å². The fraction of sp³-hybridized carbons (Fsp3) is 0.500. The zero-order chi connectivity index (χ0) is 21.0. The van der Waals surface area contributed by atoms with E-state index in [-0.39, 0.29) is 30.3 Å². The van der Waals surface area contributed by atoms with Crippen LogP contribution in [0.2, 0.25) is 0 Å². The fourth-order valence-corrected chi connectivity index (χ4v) is 4.23. The Bertz CT molecular complexity index is 879. The molecule has 3 rings (SSSR count). The minimum absolute atomic E-state index is 0. The molecule has 0 radical (unpaired) electrons. The van der Waals surface area contributed by atoms with Crippen molar-refractivity contribution in [2.24, 2.45) is 0 Å². The van der Waals surface area contributed by atoms with E-state index in [9.17, 15) is 9.59 Å². The van der Waals surface area contributed by atoms with Gasteiger partial charge >= 0.3 is 6.09 Å². The molecule has 2 aromatic rings. The highest BCUT2D eigenvalue weighted by molar-refractivity contribution is 7.17. The molecule has 1 N–H and O–H groups in total. The van der Waals surface area contributed by atoms with Crippen molar-refractivity contribution in [1.29, 1.82) is 0 Å². The lowest BCUT2D eigenvalue weighted by Crippen LogP contribution is -2.42.